The molecule has 6 rings (SSSR count). The Morgan fingerprint density at radius 2 is 1.59 bits per heavy atom. The van der Waals surface area contributed by atoms with Gasteiger partial charge in [-0.05, 0) is 77.6 Å². The molecule has 44 heavy (non-hydrogen) atoms. The van der Waals surface area contributed by atoms with Gasteiger partial charge in [0, 0.05) is 59.7 Å². The molecular weight excluding hydrogens is 550 g/mol. The number of hydrogen-bond acceptors (Lipinski definition) is 5. The molecule has 2 N–H and O–H groups in total. The van der Waals surface area contributed by atoms with Gasteiger partial charge in [0.15, 0.2) is 5.65 Å². The van der Waals surface area contributed by atoms with Crippen molar-refractivity contribution in [2.75, 3.05) is 36.9 Å². The zero-order valence-corrected chi connectivity index (χ0v) is 25.6. The van der Waals surface area contributed by atoms with Crippen LogP contribution in [0.3, 0.4) is 0 Å². The van der Waals surface area contributed by atoms with E-state index in [1.165, 1.54) is 5.56 Å². The van der Waals surface area contributed by atoms with Gasteiger partial charge < -0.3 is 24.7 Å². The molecule has 0 radical (unpaired) electrons. The summed E-state index contributed by atoms with van der Waals surface area (Å²) in [6, 6.07) is 23.3. The van der Waals surface area contributed by atoms with Gasteiger partial charge in [-0.25, -0.2) is 4.98 Å². The Bertz CT molecular complexity index is 1810. The van der Waals surface area contributed by atoms with Gasteiger partial charge in [0.1, 0.15) is 0 Å². The van der Waals surface area contributed by atoms with Gasteiger partial charge >= 0.3 is 0 Å². The maximum atomic E-state index is 13.2. The summed E-state index contributed by atoms with van der Waals surface area (Å²) in [6.07, 6.45) is 5.72. The molecule has 1 aliphatic heterocycles. The van der Waals surface area contributed by atoms with E-state index >= 15 is 0 Å². The lowest BCUT2D eigenvalue weighted by molar-refractivity contribution is 0.0303. The van der Waals surface area contributed by atoms with Crippen molar-refractivity contribution in [3.05, 3.63) is 114 Å². The van der Waals surface area contributed by atoms with Crippen molar-refractivity contribution in [1.29, 1.82) is 0 Å². The first kappa shape index (κ1) is 29.1. The number of carbonyl (C=O) groups is 2. The number of amides is 2. The number of hydrogen-bond donors (Lipinski definition) is 2. The molecule has 1 saturated heterocycles. The molecule has 5 aromatic rings. The predicted molar refractivity (Wildman–Crippen MR) is 175 cm³/mol. The Morgan fingerprint density at radius 3 is 2.30 bits per heavy atom. The number of ether oxygens (including phenoxy) is 1. The number of rotatable bonds is 6. The Morgan fingerprint density at radius 1 is 0.886 bits per heavy atom. The van der Waals surface area contributed by atoms with Gasteiger partial charge in [0.05, 0.1) is 18.9 Å². The largest absolute Gasteiger partial charge is 0.378 e. The van der Waals surface area contributed by atoms with E-state index in [4.69, 9.17) is 4.74 Å². The number of nitrogens with one attached hydrogen (secondary N) is 2. The van der Waals surface area contributed by atoms with Crippen LogP contribution in [0.1, 0.15) is 52.6 Å². The summed E-state index contributed by atoms with van der Waals surface area (Å²) in [5.74, 6) is -0.129. The van der Waals surface area contributed by atoms with Crippen molar-refractivity contribution < 1.29 is 14.3 Å². The van der Waals surface area contributed by atoms with Crippen molar-refractivity contribution in [3.8, 4) is 11.1 Å². The highest BCUT2D eigenvalue weighted by Crippen LogP contribution is 2.33. The molecule has 0 aliphatic carbocycles. The lowest BCUT2D eigenvalue weighted by Crippen LogP contribution is -2.40. The molecule has 3 heterocycles. The number of nitrogens with zero attached hydrogens (tertiary/aromatic N) is 3. The maximum Gasteiger partial charge on any atom is 0.255 e. The number of fused-ring (bicyclic) bond motifs is 1. The first-order chi connectivity index (χ1) is 21.2. The minimum Gasteiger partial charge on any atom is -0.378 e. The Labute approximate surface area is 257 Å². The lowest BCUT2D eigenvalue weighted by atomic mass is 9.86. The van der Waals surface area contributed by atoms with Crippen LogP contribution < -0.4 is 10.6 Å². The highest BCUT2D eigenvalue weighted by Gasteiger charge is 2.19. The topological polar surface area (TPSA) is 88.0 Å². The first-order valence-electron chi connectivity index (χ1n) is 14.9. The van der Waals surface area contributed by atoms with Crippen molar-refractivity contribution in [2.24, 2.45) is 0 Å². The highest BCUT2D eigenvalue weighted by molar-refractivity contribution is 6.05. The fourth-order valence-corrected chi connectivity index (χ4v) is 5.47. The lowest BCUT2D eigenvalue weighted by Gasteiger charge is -2.26. The van der Waals surface area contributed by atoms with Crippen LogP contribution in [0.15, 0.2) is 91.4 Å². The van der Waals surface area contributed by atoms with Crippen LogP contribution in [-0.2, 0) is 10.2 Å². The van der Waals surface area contributed by atoms with Crippen molar-refractivity contribution >= 4 is 34.5 Å². The Kier molecular flexibility index (Phi) is 7.93. The van der Waals surface area contributed by atoms with Crippen molar-refractivity contribution in [2.45, 2.75) is 33.1 Å². The monoisotopic (exact) mass is 587 g/mol. The summed E-state index contributed by atoms with van der Waals surface area (Å²) in [7, 11) is 0. The van der Waals surface area contributed by atoms with Gasteiger partial charge in [-0.15, -0.1) is 0 Å². The second kappa shape index (κ2) is 12.0. The number of pyridine rings is 1. The summed E-state index contributed by atoms with van der Waals surface area (Å²) in [4.78, 5) is 32.4. The summed E-state index contributed by atoms with van der Waals surface area (Å²) in [6.45, 7) is 10.9. The van der Waals surface area contributed by atoms with Crippen molar-refractivity contribution in [1.82, 2.24) is 14.3 Å². The minimum atomic E-state index is -0.145. The number of carbonyl (C=O) groups excluding carboxylic acids is 2. The molecule has 8 nitrogen and oxygen atoms in total. The zero-order chi connectivity index (χ0) is 30.8. The summed E-state index contributed by atoms with van der Waals surface area (Å²) in [5.41, 5.74) is 8.62. The van der Waals surface area contributed by atoms with E-state index in [0.717, 1.165) is 39.4 Å². The predicted octanol–water partition coefficient (Wildman–Crippen LogP) is 7.08. The molecule has 0 spiro atoms. The van der Waals surface area contributed by atoms with Crippen LogP contribution in [0.4, 0.5) is 17.1 Å². The van der Waals surface area contributed by atoms with Crippen LogP contribution in [0.5, 0.6) is 0 Å². The maximum absolute atomic E-state index is 13.2. The molecule has 3 aromatic carbocycles. The van der Waals surface area contributed by atoms with Crippen molar-refractivity contribution in [3.63, 3.8) is 0 Å². The van der Waals surface area contributed by atoms with Gasteiger partial charge in [-0.1, -0.05) is 45.0 Å². The summed E-state index contributed by atoms with van der Waals surface area (Å²) in [5, 5.41) is 6.60. The minimum absolute atomic E-state index is 0.0156. The molecule has 8 heteroatoms. The van der Waals surface area contributed by atoms with E-state index in [-0.39, 0.29) is 17.2 Å². The van der Waals surface area contributed by atoms with Gasteiger partial charge in [-0.3, -0.25) is 9.59 Å². The molecule has 224 valence electrons. The molecule has 0 bridgehead atoms. The van der Waals surface area contributed by atoms with Crippen LogP contribution in [0.25, 0.3) is 16.8 Å². The third-order valence-corrected chi connectivity index (χ3v) is 8.10. The van der Waals surface area contributed by atoms with Crippen LogP contribution in [-0.4, -0.2) is 52.4 Å². The summed E-state index contributed by atoms with van der Waals surface area (Å²) >= 11 is 0. The third-order valence-electron chi connectivity index (χ3n) is 8.10. The van der Waals surface area contributed by atoms with Gasteiger partial charge in [0.2, 0.25) is 0 Å². The average Bonchev–Trinajstić information content (AvgIpc) is 3.51. The summed E-state index contributed by atoms with van der Waals surface area (Å²) < 4.78 is 7.35. The normalized spacial score (nSPS) is 13.6. The zero-order valence-electron chi connectivity index (χ0n) is 25.6. The molecule has 0 unspecified atom stereocenters. The van der Waals surface area contributed by atoms with E-state index in [2.05, 4.69) is 48.5 Å². The Hall–Kier alpha value is -4.95. The fraction of sp³-hybridized carbons (Fsp3) is 0.250. The fourth-order valence-electron chi connectivity index (χ4n) is 5.47. The molecule has 2 aromatic heterocycles. The molecule has 0 saturated carbocycles. The van der Waals surface area contributed by atoms with E-state index in [1.807, 2.05) is 89.3 Å². The molecule has 1 aliphatic rings. The quantitative estimate of drug-likeness (QED) is 0.222. The number of aromatic nitrogens is 2. The SMILES string of the molecule is Cc1c(NC(=O)c2ccc(C(C)(C)C)cc2)cccc1-c1cc(Nc2ccc(C(=O)N3CCOCC3)cc2)c2nccn2c1. The second-order valence-electron chi connectivity index (χ2n) is 12.2. The highest BCUT2D eigenvalue weighted by atomic mass is 16.5. The average molecular weight is 588 g/mol. The number of imidazole rings is 1. The van der Waals surface area contributed by atoms with E-state index in [9.17, 15) is 9.59 Å². The van der Waals surface area contributed by atoms with Gasteiger partial charge in [-0.2, -0.15) is 0 Å². The van der Waals surface area contributed by atoms with E-state index in [1.54, 1.807) is 6.20 Å². The van der Waals surface area contributed by atoms with Gasteiger partial charge in [0.25, 0.3) is 11.8 Å². The van der Waals surface area contributed by atoms with E-state index < -0.39 is 0 Å². The molecule has 0 atom stereocenters. The van der Waals surface area contributed by atoms with Crippen LogP contribution in [0.2, 0.25) is 0 Å². The van der Waals surface area contributed by atoms with E-state index in [0.29, 0.717) is 37.4 Å². The standard InChI is InChI=1S/C36H37N5O3/c1-24-30(6-5-7-31(24)39-34(42)25-8-12-28(13-9-25)36(2,3)4)27-22-32(33-37-16-17-41(33)23-27)38-29-14-10-26(11-15-29)35(43)40-18-20-44-21-19-40/h5-17,22-23,38H,18-21H2,1-4H3,(H,39,42). The second-order valence-corrected chi connectivity index (χ2v) is 12.2. The molecular formula is C36H37N5O3. The third kappa shape index (κ3) is 6.07. The smallest absolute Gasteiger partial charge is 0.255 e. The van der Waals surface area contributed by atoms with Crippen LogP contribution in [0, 0.1) is 6.92 Å². The number of anilines is 3. The number of morpholine rings is 1. The number of benzene rings is 3. The first-order valence-corrected chi connectivity index (χ1v) is 14.9. The van der Waals surface area contributed by atoms with Crippen LogP contribution >= 0.6 is 0 Å². The molecule has 1 fully saturated rings. The Balaban J connectivity index is 1.24. The molecule has 2 amide bonds.